The maximum absolute atomic E-state index is 3.42. The molecule has 1 saturated heterocycles. The Labute approximate surface area is 73.8 Å². The van der Waals surface area contributed by atoms with E-state index in [1.54, 1.807) is 0 Å². The van der Waals surface area contributed by atoms with Gasteiger partial charge in [-0.1, -0.05) is 37.3 Å². The van der Waals surface area contributed by atoms with E-state index in [9.17, 15) is 0 Å². The van der Waals surface area contributed by atoms with E-state index in [0.29, 0.717) is 0 Å². The standard InChI is InChI=1S/C11H15N/c1-9-7-12-8-11(9)10-5-3-2-4-6-10/h2-6,9,11-12H,7-8H2,1H3/t9-,11?/m0/s1. The summed E-state index contributed by atoms with van der Waals surface area (Å²) in [5.74, 6) is 1.51. The molecular formula is C11H15N. The van der Waals surface area contributed by atoms with Crippen molar-refractivity contribution in [3.63, 3.8) is 0 Å². The third-order valence-electron chi connectivity index (χ3n) is 2.75. The average molecular weight is 161 g/mol. The first kappa shape index (κ1) is 7.81. The summed E-state index contributed by atoms with van der Waals surface area (Å²) in [7, 11) is 0. The monoisotopic (exact) mass is 161 g/mol. The predicted molar refractivity (Wildman–Crippen MR) is 51.2 cm³/mol. The van der Waals surface area contributed by atoms with Crippen molar-refractivity contribution in [1.29, 1.82) is 0 Å². The molecule has 1 aromatic carbocycles. The molecular weight excluding hydrogens is 146 g/mol. The summed E-state index contributed by atoms with van der Waals surface area (Å²) in [6, 6.07) is 10.8. The maximum atomic E-state index is 3.42. The molecule has 0 aromatic heterocycles. The van der Waals surface area contributed by atoms with Crippen LogP contribution in [0.25, 0.3) is 0 Å². The molecule has 1 unspecified atom stereocenters. The highest BCUT2D eigenvalue weighted by molar-refractivity contribution is 5.21. The summed E-state index contributed by atoms with van der Waals surface area (Å²) in [4.78, 5) is 0. The van der Waals surface area contributed by atoms with Crippen LogP contribution < -0.4 is 5.32 Å². The number of rotatable bonds is 1. The molecule has 1 heterocycles. The molecule has 1 aromatic rings. The first-order valence-corrected chi connectivity index (χ1v) is 4.63. The smallest absolute Gasteiger partial charge is 0.00233 e. The van der Waals surface area contributed by atoms with Crippen LogP contribution in [0.1, 0.15) is 18.4 Å². The van der Waals surface area contributed by atoms with E-state index >= 15 is 0 Å². The van der Waals surface area contributed by atoms with Crippen molar-refractivity contribution >= 4 is 0 Å². The molecule has 0 saturated carbocycles. The molecule has 0 spiro atoms. The normalized spacial score (nSPS) is 29.1. The first-order valence-electron chi connectivity index (χ1n) is 4.63. The summed E-state index contributed by atoms with van der Waals surface area (Å²) in [6.07, 6.45) is 0. The summed E-state index contributed by atoms with van der Waals surface area (Å²) < 4.78 is 0. The van der Waals surface area contributed by atoms with Gasteiger partial charge < -0.3 is 5.32 Å². The van der Waals surface area contributed by atoms with Crippen molar-refractivity contribution < 1.29 is 0 Å². The van der Waals surface area contributed by atoms with E-state index in [4.69, 9.17) is 0 Å². The largest absolute Gasteiger partial charge is 0.316 e. The Hall–Kier alpha value is -0.820. The minimum Gasteiger partial charge on any atom is -0.316 e. The Morgan fingerprint density at radius 3 is 2.50 bits per heavy atom. The zero-order valence-corrected chi connectivity index (χ0v) is 7.46. The molecule has 1 nitrogen and oxygen atoms in total. The van der Waals surface area contributed by atoms with Crippen LogP contribution in [0.3, 0.4) is 0 Å². The van der Waals surface area contributed by atoms with Gasteiger partial charge >= 0.3 is 0 Å². The number of hydrogen-bond acceptors (Lipinski definition) is 1. The van der Waals surface area contributed by atoms with Crippen molar-refractivity contribution in [2.45, 2.75) is 12.8 Å². The molecule has 0 aliphatic carbocycles. The molecule has 64 valence electrons. The summed E-state index contributed by atoms with van der Waals surface area (Å²) in [5.41, 5.74) is 1.48. The number of hydrogen-bond donors (Lipinski definition) is 1. The molecule has 2 rings (SSSR count). The van der Waals surface area contributed by atoms with E-state index in [-0.39, 0.29) is 0 Å². The highest BCUT2D eigenvalue weighted by atomic mass is 14.9. The first-order chi connectivity index (χ1) is 5.88. The third-order valence-corrected chi connectivity index (χ3v) is 2.75. The SMILES string of the molecule is C[C@H]1CNCC1c1ccccc1. The van der Waals surface area contributed by atoms with Gasteiger partial charge in [0.05, 0.1) is 0 Å². The topological polar surface area (TPSA) is 12.0 Å². The molecule has 0 radical (unpaired) electrons. The Kier molecular flexibility index (Phi) is 2.13. The molecule has 1 heteroatoms. The van der Waals surface area contributed by atoms with Crippen LogP contribution in [0.4, 0.5) is 0 Å². The van der Waals surface area contributed by atoms with Crippen LogP contribution in [-0.2, 0) is 0 Å². The lowest BCUT2D eigenvalue weighted by Gasteiger charge is -2.13. The fraction of sp³-hybridized carbons (Fsp3) is 0.455. The van der Waals surface area contributed by atoms with E-state index < -0.39 is 0 Å². The predicted octanol–water partition coefficient (Wildman–Crippen LogP) is 2.01. The molecule has 2 atom stereocenters. The lowest BCUT2D eigenvalue weighted by atomic mass is 9.90. The van der Waals surface area contributed by atoms with Gasteiger partial charge in [-0.05, 0) is 18.0 Å². The van der Waals surface area contributed by atoms with Crippen LogP contribution in [0, 0.1) is 5.92 Å². The van der Waals surface area contributed by atoms with E-state index in [0.717, 1.165) is 18.4 Å². The lowest BCUT2D eigenvalue weighted by Crippen LogP contribution is -2.07. The molecule has 1 aliphatic heterocycles. The van der Waals surface area contributed by atoms with Gasteiger partial charge in [0.15, 0.2) is 0 Å². The molecule has 1 fully saturated rings. The van der Waals surface area contributed by atoms with E-state index in [1.165, 1.54) is 12.1 Å². The summed E-state index contributed by atoms with van der Waals surface area (Å²) >= 11 is 0. The average Bonchev–Trinajstić information content (AvgIpc) is 2.53. The van der Waals surface area contributed by atoms with Gasteiger partial charge in [0, 0.05) is 12.5 Å². The lowest BCUT2D eigenvalue weighted by molar-refractivity contribution is 0.572. The summed E-state index contributed by atoms with van der Waals surface area (Å²) in [5, 5.41) is 3.42. The second kappa shape index (κ2) is 3.28. The van der Waals surface area contributed by atoms with Crippen molar-refractivity contribution in [2.75, 3.05) is 13.1 Å². The third kappa shape index (κ3) is 1.37. The van der Waals surface area contributed by atoms with Crippen LogP contribution >= 0.6 is 0 Å². The fourth-order valence-electron chi connectivity index (χ4n) is 1.96. The van der Waals surface area contributed by atoms with Crippen molar-refractivity contribution in [3.05, 3.63) is 35.9 Å². The number of benzene rings is 1. The van der Waals surface area contributed by atoms with Crippen LogP contribution in [0.5, 0.6) is 0 Å². The van der Waals surface area contributed by atoms with Gasteiger partial charge in [-0.15, -0.1) is 0 Å². The van der Waals surface area contributed by atoms with Crippen LogP contribution in [0.2, 0.25) is 0 Å². The zero-order chi connectivity index (χ0) is 8.39. The van der Waals surface area contributed by atoms with Crippen LogP contribution in [-0.4, -0.2) is 13.1 Å². The summed E-state index contributed by atoms with van der Waals surface area (Å²) in [6.45, 7) is 4.63. The second-order valence-electron chi connectivity index (χ2n) is 3.65. The minimum atomic E-state index is 0.728. The zero-order valence-electron chi connectivity index (χ0n) is 7.46. The Morgan fingerprint density at radius 1 is 1.17 bits per heavy atom. The van der Waals surface area contributed by atoms with Crippen molar-refractivity contribution in [2.24, 2.45) is 5.92 Å². The minimum absolute atomic E-state index is 0.728. The molecule has 1 N–H and O–H groups in total. The Morgan fingerprint density at radius 2 is 1.92 bits per heavy atom. The number of nitrogens with one attached hydrogen (secondary N) is 1. The Bertz CT molecular complexity index is 242. The van der Waals surface area contributed by atoms with Gasteiger partial charge in [-0.3, -0.25) is 0 Å². The highest BCUT2D eigenvalue weighted by Gasteiger charge is 2.23. The van der Waals surface area contributed by atoms with Crippen molar-refractivity contribution in [3.8, 4) is 0 Å². The molecule has 1 aliphatic rings. The van der Waals surface area contributed by atoms with Gasteiger partial charge in [0.25, 0.3) is 0 Å². The maximum Gasteiger partial charge on any atom is 0.00233 e. The van der Waals surface area contributed by atoms with Crippen molar-refractivity contribution in [1.82, 2.24) is 5.32 Å². The van der Waals surface area contributed by atoms with E-state index in [2.05, 4.69) is 42.6 Å². The molecule has 0 bridgehead atoms. The quantitative estimate of drug-likeness (QED) is 0.664. The van der Waals surface area contributed by atoms with Gasteiger partial charge in [0.2, 0.25) is 0 Å². The van der Waals surface area contributed by atoms with Gasteiger partial charge in [-0.2, -0.15) is 0 Å². The fourth-order valence-corrected chi connectivity index (χ4v) is 1.96. The van der Waals surface area contributed by atoms with Crippen LogP contribution in [0.15, 0.2) is 30.3 Å². The Balaban J connectivity index is 2.19. The molecule has 0 amide bonds. The van der Waals surface area contributed by atoms with Gasteiger partial charge in [0.1, 0.15) is 0 Å². The second-order valence-corrected chi connectivity index (χ2v) is 3.65. The van der Waals surface area contributed by atoms with Gasteiger partial charge in [-0.25, -0.2) is 0 Å². The highest BCUT2D eigenvalue weighted by Crippen LogP contribution is 2.26. The van der Waals surface area contributed by atoms with E-state index in [1.807, 2.05) is 0 Å². The molecule has 12 heavy (non-hydrogen) atoms.